The molecule has 0 aliphatic heterocycles. The standard InChI is InChI=1S/C30H37N3O6S/c1-6-28(30(35)31-22(2)3)32(20-23-12-16-25(38-4)17-13-23)29(34)21-33(40(5,36)37)24-14-18-27(19-15-24)39-26-10-8-7-9-11-26/h7-19,22,28H,6,20-21H2,1-5H3,(H,31,35)/t28-/m0/s1. The van der Waals surface area contributed by atoms with Crippen LogP contribution in [0.15, 0.2) is 78.9 Å². The summed E-state index contributed by atoms with van der Waals surface area (Å²) in [5.74, 6) is 1.02. The number of rotatable bonds is 13. The first kappa shape index (κ1) is 30.5. The molecule has 3 aromatic rings. The number of benzene rings is 3. The average Bonchev–Trinajstić information content (AvgIpc) is 2.92. The smallest absolute Gasteiger partial charge is 0.244 e. The summed E-state index contributed by atoms with van der Waals surface area (Å²) in [7, 11) is -2.28. The molecule has 0 saturated carbocycles. The molecule has 0 aliphatic rings. The van der Waals surface area contributed by atoms with Gasteiger partial charge in [-0.1, -0.05) is 37.3 Å². The van der Waals surface area contributed by atoms with Crippen molar-refractivity contribution < 1.29 is 27.5 Å². The minimum absolute atomic E-state index is 0.119. The zero-order valence-corrected chi connectivity index (χ0v) is 24.4. The molecule has 0 spiro atoms. The van der Waals surface area contributed by atoms with E-state index in [1.54, 1.807) is 43.5 Å². The van der Waals surface area contributed by atoms with Gasteiger partial charge in [0.2, 0.25) is 21.8 Å². The third kappa shape index (κ3) is 8.47. The molecule has 2 amide bonds. The van der Waals surface area contributed by atoms with Gasteiger partial charge in [-0.15, -0.1) is 0 Å². The van der Waals surface area contributed by atoms with Gasteiger partial charge < -0.3 is 19.7 Å². The van der Waals surface area contributed by atoms with Crippen molar-refractivity contribution >= 4 is 27.5 Å². The quantitative estimate of drug-likeness (QED) is 0.324. The molecule has 9 nitrogen and oxygen atoms in total. The van der Waals surface area contributed by atoms with Crippen molar-refractivity contribution in [1.29, 1.82) is 0 Å². The second-order valence-electron chi connectivity index (χ2n) is 9.64. The molecule has 0 saturated heterocycles. The van der Waals surface area contributed by atoms with Gasteiger partial charge >= 0.3 is 0 Å². The molecular weight excluding hydrogens is 530 g/mol. The molecule has 0 aromatic heterocycles. The number of carbonyl (C=O) groups is 2. The lowest BCUT2D eigenvalue weighted by molar-refractivity contribution is -0.140. The summed E-state index contributed by atoms with van der Waals surface area (Å²) >= 11 is 0. The Balaban J connectivity index is 1.89. The lowest BCUT2D eigenvalue weighted by atomic mass is 10.1. The summed E-state index contributed by atoms with van der Waals surface area (Å²) < 4.78 is 37.8. The summed E-state index contributed by atoms with van der Waals surface area (Å²) in [4.78, 5) is 28.3. The molecule has 0 heterocycles. The van der Waals surface area contributed by atoms with E-state index in [9.17, 15) is 18.0 Å². The van der Waals surface area contributed by atoms with Crippen LogP contribution in [0.3, 0.4) is 0 Å². The van der Waals surface area contributed by atoms with Crippen LogP contribution in [-0.2, 0) is 26.2 Å². The first-order valence-electron chi connectivity index (χ1n) is 13.0. The Morgan fingerprint density at radius 2 is 1.45 bits per heavy atom. The maximum absolute atomic E-state index is 13.8. The fourth-order valence-corrected chi connectivity index (χ4v) is 5.00. The van der Waals surface area contributed by atoms with Crippen LogP contribution in [0.4, 0.5) is 5.69 Å². The SMILES string of the molecule is CC[C@@H](C(=O)NC(C)C)N(Cc1ccc(OC)cc1)C(=O)CN(c1ccc(Oc2ccccc2)cc1)S(C)(=O)=O. The highest BCUT2D eigenvalue weighted by Gasteiger charge is 2.32. The highest BCUT2D eigenvalue weighted by molar-refractivity contribution is 7.92. The van der Waals surface area contributed by atoms with E-state index in [0.29, 0.717) is 29.4 Å². The number of nitrogens with one attached hydrogen (secondary N) is 1. The molecule has 0 unspecified atom stereocenters. The lowest BCUT2D eigenvalue weighted by Gasteiger charge is -2.33. The van der Waals surface area contributed by atoms with Crippen LogP contribution in [-0.4, -0.2) is 57.1 Å². The van der Waals surface area contributed by atoms with Gasteiger partial charge in [0.1, 0.15) is 29.8 Å². The highest BCUT2D eigenvalue weighted by atomic mass is 32.2. The van der Waals surface area contributed by atoms with Crippen molar-refractivity contribution in [1.82, 2.24) is 10.2 Å². The molecule has 3 rings (SSSR count). The van der Waals surface area contributed by atoms with Gasteiger partial charge in [-0.05, 0) is 74.4 Å². The van der Waals surface area contributed by atoms with Crippen LogP contribution in [0.2, 0.25) is 0 Å². The van der Waals surface area contributed by atoms with E-state index in [1.165, 1.54) is 4.90 Å². The van der Waals surface area contributed by atoms with Crippen molar-refractivity contribution in [2.45, 2.75) is 45.8 Å². The first-order valence-corrected chi connectivity index (χ1v) is 14.9. The van der Waals surface area contributed by atoms with Crippen LogP contribution in [0.25, 0.3) is 0 Å². The molecule has 10 heteroatoms. The van der Waals surface area contributed by atoms with Gasteiger partial charge in [-0.3, -0.25) is 13.9 Å². The van der Waals surface area contributed by atoms with Crippen molar-refractivity contribution in [2.75, 3.05) is 24.2 Å². The summed E-state index contributed by atoms with van der Waals surface area (Å²) in [6.45, 7) is 5.15. The number of amides is 2. The number of carbonyl (C=O) groups excluding carboxylic acids is 2. The van der Waals surface area contributed by atoms with E-state index in [1.807, 2.05) is 63.2 Å². The molecule has 1 atom stereocenters. The van der Waals surface area contributed by atoms with Crippen molar-refractivity contribution in [3.05, 3.63) is 84.4 Å². The number of hydrogen-bond donors (Lipinski definition) is 1. The molecule has 40 heavy (non-hydrogen) atoms. The summed E-state index contributed by atoms with van der Waals surface area (Å²) in [6.07, 6.45) is 1.40. The third-order valence-electron chi connectivity index (χ3n) is 6.11. The van der Waals surface area contributed by atoms with Gasteiger partial charge in [-0.2, -0.15) is 0 Å². The first-order chi connectivity index (χ1) is 19.0. The minimum atomic E-state index is -3.84. The minimum Gasteiger partial charge on any atom is -0.497 e. The fourth-order valence-electron chi connectivity index (χ4n) is 4.15. The number of methoxy groups -OCH3 is 1. The molecule has 3 aromatic carbocycles. The molecule has 0 radical (unpaired) electrons. The largest absolute Gasteiger partial charge is 0.497 e. The van der Waals surface area contributed by atoms with Crippen molar-refractivity contribution in [2.24, 2.45) is 0 Å². The van der Waals surface area contributed by atoms with Crippen LogP contribution >= 0.6 is 0 Å². The molecule has 214 valence electrons. The van der Waals surface area contributed by atoms with Gasteiger partial charge in [0, 0.05) is 12.6 Å². The van der Waals surface area contributed by atoms with E-state index >= 15 is 0 Å². The van der Waals surface area contributed by atoms with Gasteiger partial charge in [0.05, 0.1) is 19.1 Å². The van der Waals surface area contributed by atoms with Crippen LogP contribution in [0, 0.1) is 0 Å². The average molecular weight is 568 g/mol. The number of para-hydroxylation sites is 1. The summed E-state index contributed by atoms with van der Waals surface area (Å²) in [5, 5.41) is 2.88. The number of sulfonamides is 1. The van der Waals surface area contributed by atoms with E-state index in [4.69, 9.17) is 9.47 Å². The van der Waals surface area contributed by atoms with Gasteiger partial charge in [0.15, 0.2) is 0 Å². The summed E-state index contributed by atoms with van der Waals surface area (Å²) in [6, 6.07) is 21.9. The molecule has 0 bridgehead atoms. The van der Waals surface area contributed by atoms with Gasteiger partial charge in [-0.25, -0.2) is 8.42 Å². The van der Waals surface area contributed by atoms with E-state index in [-0.39, 0.29) is 18.5 Å². The highest BCUT2D eigenvalue weighted by Crippen LogP contribution is 2.26. The van der Waals surface area contributed by atoms with Gasteiger partial charge in [0.25, 0.3) is 0 Å². The van der Waals surface area contributed by atoms with Crippen LogP contribution in [0.5, 0.6) is 17.2 Å². The second kappa shape index (κ2) is 13.8. The predicted octanol–water partition coefficient (Wildman–Crippen LogP) is 4.59. The van der Waals surface area contributed by atoms with E-state index in [0.717, 1.165) is 16.1 Å². The topological polar surface area (TPSA) is 105 Å². The lowest BCUT2D eigenvalue weighted by Crippen LogP contribution is -2.53. The number of anilines is 1. The van der Waals surface area contributed by atoms with E-state index in [2.05, 4.69) is 5.32 Å². The predicted molar refractivity (Wildman–Crippen MR) is 156 cm³/mol. The van der Waals surface area contributed by atoms with Crippen molar-refractivity contribution in [3.63, 3.8) is 0 Å². The normalized spacial score (nSPS) is 11.9. The monoisotopic (exact) mass is 567 g/mol. The molecule has 0 fully saturated rings. The molecule has 0 aliphatic carbocycles. The molecule has 1 N–H and O–H groups in total. The van der Waals surface area contributed by atoms with Crippen LogP contribution in [0.1, 0.15) is 32.8 Å². The number of hydrogen-bond acceptors (Lipinski definition) is 6. The van der Waals surface area contributed by atoms with Crippen molar-refractivity contribution in [3.8, 4) is 17.2 Å². The van der Waals surface area contributed by atoms with Crippen LogP contribution < -0.4 is 19.1 Å². The Morgan fingerprint density at radius 1 is 0.875 bits per heavy atom. The fraction of sp³-hybridized carbons (Fsp3) is 0.333. The van der Waals surface area contributed by atoms with E-state index < -0.39 is 28.5 Å². The maximum Gasteiger partial charge on any atom is 0.244 e. The summed E-state index contributed by atoms with van der Waals surface area (Å²) in [5.41, 5.74) is 1.08. The maximum atomic E-state index is 13.8. The third-order valence-corrected chi connectivity index (χ3v) is 7.25. The number of nitrogens with zero attached hydrogens (tertiary/aromatic N) is 2. The Hall–Kier alpha value is -4.05. The molecular formula is C30H37N3O6S. The zero-order chi connectivity index (χ0) is 29.3. The Kier molecular flexibility index (Phi) is 10.6. The Morgan fingerprint density at radius 3 is 1.98 bits per heavy atom. The Bertz CT molecular complexity index is 1360. The number of ether oxygens (including phenoxy) is 2. The zero-order valence-electron chi connectivity index (χ0n) is 23.5. The Labute approximate surface area is 236 Å². The second-order valence-corrected chi connectivity index (χ2v) is 11.5.